The van der Waals surface area contributed by atoms with Gasteiger partial charge in [0.05, 0.1) is 0 Å². The second-order valence-electron chi connectivity index (χ2n) is 3.92. The van der Waals surface area contributed by atoms with E-state index >= 15 is 0 Å². The fourth-order valence-corrected chi connectivity index (χ4v) is 1.15. The van der Waals surface area contributed by atoms with Gasteiger partial charge in [-0.05, 0) is 18.8 Å². The number of hydrogen-bond donors (Lipinski definition) is 1. The third-order valence-electron chi connectivity index (χ3n) is 1.87. The van der Waals surface area contributed by atoms with E-state index in [1.807, 2.05) is 0 Å². The first-order valence-corrected chi connectivity index (χ1v) is 5.53. The molecule has 0 aliphatic carbocycles. The molecule has 0 atom stereocenters. The Hall–Kier alpha value is -0.120. The van der Waals surface area contributed by atoms with E-state index in [0.29, 0.717) is 12.5 Å². The lowest BCUT2D eigenvalue weighted by Crippen LogP contribution is -2.03. The molecular weight excluding hydrogens is 180 g/mol. The quantitative estimate of drug-likeness (QED) is 0.438. The zero-order valence-electron chi connectivity index (χ0n) is 9.50. The van der Waals surface area contributed by atoms with Gasteiger partial charge < -0.3 is 14.6 Å². The van der Waals surface area contributed by atoms with Crippen molar-refractivity contribution in [1.29, 1.82) is 0 Å². The molecule has 0 saturated heterocycles. The van der Waals surface area contributed by atoms with Gasteiger partial charge in [0.1, 0.15) is 6.79 Å². The van der Waals surface area contributed by atoms with Crippen LogP contribution in [0.4, 0.5) is 0 Å². The number of aliphatic hydroxyl groups excluding tert-OH is 1. The normalized spacial score (nSPS) is 11.1. The minimum Gasteiger partial charge on any atom is -0.381 e. The summed E-state index contributed by atoms with van der Waals surface area (Å²) < 4.78 is 10.3. The summed E-state index contributed by atoms with van der Waals surface area (Å²) in [4.78, 5) is 0. The minimum absolute atomic E-state index is 0.155. The third kappa shape index (κ3) is 11.9. The van der Waals surface area contributed by atoms with Gasteiger partial charge >= 0.3 is 0 Å². The van der Waals surface area contributed by atoms with Crippen LogP contribution in [-0.4, -0.2) is 31.7 Å². The highest BCUT2D eigenvalue weighted by atomic mass is 16.6. The summed E-state index contributed by atoms with van der Waals surface area (Å²) in [5, 5.41) is 8.35. The van der Waals surface area contributed by atoms with Crippen LogP contribution in [0.2, 0.25) is 0 Å². The maximum atomic E-state index is 8.35. The monoisotopic (exact) mass is 204 g/mol. The summed E-state index contributed by atoms with van der Waals surface area (Å²) in [5.74, 6) is 0.632. The zero-order chi connectivity index (χ0) is 10.6. The second kappa shape index (κ2) is 11.0. The first-order valence-electron chi connectivity index (χ1n) is 5.53. The van der Waals surface area contributed by atoms with E-state index in [0.717, 1.165) is 32.5 Å². The first kappa shape index (κ1) is 13.9. The highest BCUT2D eigenvalue weighted by Crippen LogP contribution is 2.01. The van der Waals surface area contributed by atoms with Crippen LogP contribution in [0.25, 0.3) is 0 Å². The molecule has 3 nitrogen and oxygen atoms in total. The fourth-order valence-electron chi connectivity index (χ4n) is 1.15. The van der Waals surface area contributed by atoms with Crippen LogP contribution in [0.15, 0.2) is 0 Å². The molecule has 0 heterocycles. The number of rotatable bonds is 10. The third-order valence-corrected chi connectivity index (χ3v) is 1.87. The van der Waals surface area contributed by atoms with Crippen LogP contribution in [-0.2, 0) is 9.47 Å². The average Bonchev–Trinajstić information content (AvgIpc) is 2.15. The Kier molecular flexibility index (Phi) is 10.9. The van der Waals surface area contributed by atoms with Crippen LogP contribution in [0.5, 0.6) is 0 Å². The van der Waals surface area contributed by atoms with Crippen LogP contribution in [0.3, 0.4) is 0 Å². The van der Waals surface area contributed by atoms with Crippen LogP contribution in [0, 0.1) is 5.92 Å². The Morgan fingerprint density at radius 2 is 1.50 bits per heavy atom. The Morgan fingerprint density at radius 3 is 2.00 bits per heavy atom. The zero-order valence-corrected chi connectivity index (χ0v) is 9.50. The van der Waals surface area contributed by atoms with Gasteiger partial charge in [0.25, 0.3) is 0 Å². The van der Waals surface area contributed by atoms with Gasteiger partial charge in [0.2, 0.25) is 0 Å². The van der Waals surface area contributed by atoms with Gasteiger partial charge in [-0.25, -0.2) is 0 Å². The average molecular weight is 204 g/mol. The molecule has 3 heteroatoms. The molecule has 1 N–H and O–H groups in total. The van der Waals surface area contributed by atoms with Gasteiger partial charge in [-0.3, -0.25) is 0 Å². The van der Waals surface area contributed by atoms with E-state index in [9.17, 15) is 0 Å². The maximum Gasteiger partial charge on any atom is 0.143 e. The molecule has 0 aliphatic heterocycles. The molecule has 0 aromatic heterocycles. The van der Waals surface area contributed by atoms with Gasteiger partial charge in [-0.15, -0.1) is 0 Å². The molecule has 0 radical (unpaired) electrons. The van der Waals surface area contributed by atoms with E-state index in [2.05, 4.69) is 13.8 Å². The van der Waals surface area contributed by atoms with Crippen LogP contribution in [0.1, 0.15) is 39.5 Å². The second-order valence-corrected chi connectivity index (χ2v) is 3.92. The highest BCUT2D eigenvalue weighted by molar-refractivity contribution is 4.44. The van der Waals surface area contributed by atoms with E-state index < -0.39 is 0 Å². The van der Waals surface area contributed by atoms with E-state index in [4.69, 9.17) is 14.6 Å². The standard InChI is InChI=1S/C11H24O3/c1-11(2)9-13-7-5-3-4-6-8-14-10-12/h11-12H,3-10H2,1-2H3. The molecule has 86 valence electrons. The van der Waals surface area contributed by atoms with Crippen molar-refractivity contribution in [1.82, 2.24) is 0 Å². The van der Waals surface area contributed by atoms with Gasteiger partial charge in [0.15, 0.2) is 0 Å². The fraction of sp³-hybridized carbons (Fsp3) is 1.00. The Morgan fingerprint density at radius 1 is 0.929 bits per heavy atom. The van der Waals surface area contributed by atoms with E-state index in [1.165, 1.54) is 6.42 Å². The van der Waals surface area contributed by atoms with Crippen molar-refractivity contribution in [3.63, 3.8) is 0 Å². The molecule has 0 fully saturated rings. The molecule has 0 aliphatic rings. The summed E-state index contributed by atoms with van der Waals surface area (Å²) in [5.41, 5.74) is 0. The SMILES string of the molecule is CC(C)COCCCCCCOCO. The van der Waals surface area contributed by atoms with Crippen molar-refractivity contribution in [3.05, 3.63) is 0 Å². The molecule has 0 bridgehead atoms. The molecule has 0 aromatic carbocycles. The predicted octanol–water partition coefficient (Wildman–Crippen LogP) is 2.19. The van der Waals surface area contributed by atoms with E-state index in [1.54, 1.807) is 0 Å². The summed E-state index contributed by atoms with van der Waals surface area (Å²) >= 11 is 0. The van der Waals surface area contributed by atoms with Gasteiger partial charge in [0, 0.05) is 19.8 Å². The van der Waals surface area contributed by atoms with Crippen molar-refractivity contribution in [2.45, 2.75) is 39.5 Å². The van der Waals surface area contributed by atoms with Gasteiger partial charge in [-0.1, -0.05) is 26.7 Å². The molecular formula is C11H24O3. The first-order chi connectivity index (χ1) is 6.77. The van der Waals surface area contributed by atoms with E-state index in [-0.39, 0.29) is 6.79 Å². The van der Waals surface area contributed by atoms with Crippen molar-refractivity contribution in [2.75, 3.05) is 26.6 Å². The Bertz CT molecular complexity index is 105. The minimum atomic E-state index is -0.155. The summed E-state index contributed by atoms with van der Waals surface area (Å²) in [6.07, 6.45) is 4.51. The summed E-state index contributed by atoms with van der Waals surface area (Å²) in [7, 11) is 0. The number of ether oxygens (including phenoxy) is 2. The number of unbranched alkanes of at least 4 members (excludes halogenated alkanes) is 3. The molecule has 0 saturated carbocycles. The smallest absolute Gasteiger partial charge is 0.143 e. The number of aliphatic hydroxyl groups is 1. The Labute approximate surface area is 87.4 Å². The Balaban J connectivity index is 2.85. The maximum absolute atomic E-state index is 8.35. The van der Waals surface area contributed by atoms with Crippen molar-refractivity contribution < 1.29 is 14.6 Å². The number of hydrogen-bond acceptors (Lipinski definition) is 3. The predicted molar refractivity (Wildman–Crippen MR) is 57.2 cm³/mol. The lowest BCUT2D eigenvalue weighted by atomic mass is 10.2. The van der Waals surface area contributed by atoms with Crippen LogP contribution >= 0.6 is 0 Å². The molecule has 0 spiro atoms. The van der Waals surface area contributed by atoms with Crippen molar-refractivity contribution >= 4 is 0 Å². The largest absolute Gasteiger partial charge is 0.381 e. The van der Waals surface area contributed by atoms with Crippen LogP contribution < -0.4 is 0 Å². The van der Waals surface area contributed by atoms with Crippen molar-refractivity contribution in [3.8, 4) is 0 Å². The molecule has 0 unspecified atom stereocenters. The lowest BCUT2D eigenvalue weighted by Gasteiger charge is -2.06. The molecule has 0 rings (SSSR count). The topological polar surface area (TPSA) is 38.7 Å². The highest BCUT2D eigenvalue weighted by Gasteiger charge is 1.94. The van der Waals surface area contributed by atoms with Crippen molar-refractivity contribution in [2.24, 2.45) is 5.92 Å². The molecule has 0 aromatic rings. The lowest BCUT2D eigenvalue weighted by molar-refractivity contribution is -0.00300. The summed E-state index contributed by atoms with van der Waals surface area (Å²) in [6, 6.07) is 0. The molecule has 0 amide bonds. The van der Waals surface area contributed by atoms with Gasteiger partial charge in [-0.2, -0.15) is 0 Å². The summed E-state index contributed by atoms with van der Waals surface area (Å²) in [6.45, 7) is 6.58. The molecule has 14 heavy (non-hydrogen) atoms.